The summed E-state index contributed by atoms with van der Waals surface area (Å²) in [7, 11) is 1.32. The molecule has 0 bridgehead atoms. The summed E-state index contributed by atoms with van der Waals surface area (Å²) in [5, 5.41) is 0. The lowest BCUT2D eigenvalue weighted by Crippen LogP contribution is -2.12. The number of esters is 1. The van der Waals surface area contributed by atoms with Crippen molar-refractivity contribution in [2.75, 3.05) is 7.11 Å². The van der Waals surface area contributed by atoms with Crippen molar-refractivity contribution < 1.29 is 13.9 Å². The standard InChI is InChI=1S/C12H13FO2/c1-15-12(14)11-7-9(13)6-8-4-2-3-5-10(8)11/h6-7H,2-5H2,1H3. The summed E-state index contributed by atoms with van der Waals surface area (Å²) in [4.78, 5) is 11.4. The van der Waals surface area contributed by atoms with E-state index in [1.54, 1.807) is 0 Å². The van der Waals surface area contributed by atoms with Gasteiger partial charge in [-0.15, -0.1) is 0 Å². The molecule has 0 radical (unpaired) electrons. The quantitative estimate of drug-likeness (QED) is 0.663. The maximum atomic E-state index is 13.2. The number of carbonyl (C=O) groups is 1. The minimum Gasteiger partial charge on any atom is -0.465 e. The molecule has 0 unspecified atom stereocenters. The Hall–Kier alpha value is -1.38. The van der Waals surface area contributed by atoms with Gasteiger partial charge in [-0.3, -0.25) is 0 Å². The molecule has 1 aromatic carbocycles. The van der Waals surface area contributed by atoms with Crippen LogP contribution < -0.4 is 0 Å². The van der Waals surface area contributed by atoms with Crippen molar-refractivity contribution in [3.63, 3.8) is 0 Å². The molecule has 1 aliphatic rings. The Morgan fingerprint density at radius 1 is 1.33 bits per heavy atom. The molecule has 3 heteroatoms. The first kappa shape index (κ1) is 10.1. The third-order valence-corrected chi connectivity index (χ3v) is 2.84. The zero-order valence-corrected chi connectivity index (χ0v) is 8.68. The SMILES string of the molecule is COC(=O)c1cc(F)cc2c1CCCC2. The molecule has 80 valence electrons. The highest BCUT2D eigenvalue weighted by atomic mass is 19.1. The summed E-state index contributed by atoms with van der Waals surface area (Å²) in [6.07, 6.45) is 3.83. The lowest BCUT2D eigenvalue weighted by molar-refractivity contribution is 0.0598. The first-order valence-corrected chi connectivity index (χ1v) is 5.12. The minimum atomic E-state index is -0.437. The van der Waals surface area contributed by atoms with Crippen LogP contribution >= 0.6 is 0 Å². The fraction of sp³-hybridized carbons (Fsp3) is 0.417. The molecule has 0 saturated heterocycles. The van der Waals surface area contributed by atoms with Crippen molar-refractivity contribution in [2.45, 2.75) is 25.7 Å². The molecule has 0 N–H and O–H groups in total. The van der Waals surface area contributed by atoms with Gasteiger partial charge < -0.3 is 4.74 Å². The van der Waals surface area contributed by atoms with Crippen LogP contribution in [0.15, 0.2) is 12.1 Å². The third-order valence-electron chi connectivity index (χ3n) is 2.84. The molecule has 2 nitrogen and oxygen atoms in total. The summed E-state index contributed by atoms with van der Waals surface area (Å²) in [6, 6.07) is 2.80. The summed E-state index contributed by atoms with van der Waals surface area (Å²) >= 11 is 0. The van der Waals surface area contributed by atoms with Gasteiger partial charge in [0.25, 0.3) is 0 Å². The molecule has 0 atom stereocenters. The van der Waals surface area contributed by atoms with Crippen molar-refractivity contribution in [1.29, 1.82) is 0 Å². The van der Waals surface area contributed by atoms with Crippen molar-refractivity contribution >= 4 is 5.97 Å². The van der Waals surface area contributed by atoms with E-state index in [9.17, 15) is 9.18 Å². The molecule has 0 amide bonds. The van der Waals surface area contributed by atoms with E-state index in [2.05, 4.69) is 4.74 Å². The maximum Gasteiger partial charge on any atom is 0.338 e. The molecule has 0 fully saturated rings. The number of rotatable bonds is 1. The van der Waals surface area contributed by atoms with Crippen LogP contribution in [0.2, 0.25) is 0 Å². The summed E-state index contributed by atoms with van der Waals surface area (Å²) in [5.74, 6) is -0.788. The van der Waals surface area contributed by atoms with Gasteiger partial charge in [0, 0.05) is 0 Å². The number of ether oxygens (including phenoxy) is 1. The Labute approximate surface area is 88.1 Å². The smallest absolute Gasteiger partial charge is 0.338 e. The second-order valence-electron chi connectivity index (χ2n) is 3.79. The second kappa shape index (κ2) is 4.01. The van der Waals surface area contributed by atoms with E-state index < -0.39 is 5.97 Å². The van der Waals surface area contributed by atoms with E-state index in [1.165, 1.54) is 19.2 Å². The Balaban J connectivity index is 2.52. The average Bonchev–Trinajstić information content (AvgIpc) is 2.26. The van der Waals surface area contributed by atoms with Crippen molar-refractivity contribution in [2.24, 2.45) is 0 Å². The van der Waals surface area contributed by atoms with Crippen LogP contribution in [0.1, 0.15) is 34.3 Å². The highest BCUT2D eigenvalue weighted by molar-refractivity contribution is 5.91. The highest BCUT2D eigenvalue weighted by Gasteiger charge is 2.19. The van der Waals surface area contributed by atoms with Gasteiger partial charge >= 0.3 is 5.97 Å². The molecule has 15 heavy (non-hydrogen) atoms. The zero-order valence-electron chi connectivity index (χ0n) is 8.68. The molecule has 1 aromatic rings. The summed E-state index contributed by atoms with van der Waals surface area (Å²) < 4.78 is 17.9. The van der Waals surface area contributed by atoms with Gasteiger partial charge in [-0.05, 0) is 48.9 Å². The largest absolute Gasteiger partial charge is 0.465 e. The topological polar surface area (TPSA) is 26.3 Å². The van der Waals surface area contributed by atoms with Gasteiger partial charge in [0.1, 0.15) is 5.82 Å². The van der Waals surface area contributed by atoms with Crippen LogP contribution in [0.5, 0.6) is 0 Å². The van der Waals surface area contributed by atoms with Gasteiger partial charge in [-0.1, -0.05) is 0 Å². The molecular formula is C12H13FO2. The van der Waals surface area contributed by atoms with E-state index in [0.717, 1.165) is 36.8 Å². The monoisotopic (exact) mass is 208 g/mol. The zero-order chi connectivity index (χ0) is 10.8. The Morgan fingerprint density at radius 3 is 2.80 bits per heavy atom. The number of aryl methyl sites for hydroxylation is 1. The fourth-order valence-corrected chi connectivity index (χ4v) is 2.12. The van der Waals surface area contributed by atoms with Gasteiger partial charge in [-0.2, -0.15) is 0 Å². The number of halogens is 1. The Bertz CT molecular complexity index is 399. The number of hydrogen-bond acceptors (Lipinski definition) is 2. The van der Waals surface area contributed by atoms with E-state index in [0.29, 0.717) is 5.56 Å². The lowest BCUT2D eigenvalue weighted by Gasteiger charge is -2.18. The molecule has 2 rings (SSSR count). The molecular weight excluding hydrogens is 195 g/mol. The molecule has 0 heterocycles. The van der Waals surface area contributed by atoms with Crippen LogP contribution in [-0.4, -0.2) is 13.1 Å². The van der Waals surface area contributed by atoms with E-state index in [-0.39, 0.29) is 5.82 Å². The first-order chi connectivity index (χ1) is 7.22. The van der Waals surface area contributed by atoms with Gasteiger partial charge in [0.05, 0.1) is 12.7 Å². The molecule has 0 spiro atoms. The highest BCUT2D eigenvalue weighted by Crippen LogP contribution is 2.26. The normalized spacial score (nSPS) is 14.5. The number of benzene rings is 1. The van der Waals surface area contributed by atoms with E-state index >= 15 is 0 Å². The van der Waals surface area contributed by atoms with E-state index in [4.69, 9.17) is 0 Å². The van der Waals surface area contributed by atoms with Crippen molar-refractivity contribution in [1.82, 2.24) is 0 Å². The van der Waals surface area contributed by atoms with Crippen LogP contribution in [0.25, 0.3) is 0 Å². The number of carbonyl (C=O) groups excluding carboxylic acids is 1. The van der Waals surface area contributed by atoms with Crippen molar-refractivity contribution in [3.8, 4) is 0 Å². The average molecular weight is 208 g/mol. The van der Waals surface area contributed by atoms with Crippen LogP contribution in [0.3, 0.4) is 0 Å². The Morgan fingerprint density at radius 2 is 2.07 bits per heavy atom. The molecule has 0 saturated carbocycles. The molecule has 1 aliphatic carbocycles. The van der Waals surface area contributed by atoms with Crippen LogP contribution in [0, 0.1) is 5.82 Å². The van der Waals surface area contributed by atoms with Crippen molar-refractivity contribution in [3.05, 3.63) is 34.6 Å². The number of hydrogen-bond donors (Lipinski definition) is 0. The van der Waals surface area contributed by atoms with Gasteiger partial charge in [-0.25, -0.2) is 9.18 Å². The lowest BCUT2D eigenvalue weighted by atomic mass is 9.88. The molecule has 0 aliphatic heterocycles. The van der Waals surface area contributed by atoms with E-state index in [1.807, 2.05) is 0 Å². The van der Waals surface area contributed by atoms with Crippen LogP contribution in [0.4, 0.5) is 4.39 Å². The van der Waals surface area contributed by atoms with Gasteiger partial charge in [0.15, 0.2) is 0 Å². The predicted octanol–water partition coefficient (Wildman–Crippen LogP) is 2.49. The first-order valence-electron chi connectivity index (χ1n) is 5.12. The maximum absolute atomic E-state index is 13.2. The third kappa shape index (κ3) is 1.87. The fourth-order valence-electron chi connectivity index (χ4n) is 2.12. The second-order valence-corrected chi connectivity index (χ2v) is 3.79. The number of fused-ring (bicyclic) bond motifs is 1. The minimum absolute atomic E-state index is 0.351. The summed E-state index contributed by atoms with van der Waals surface area (Å²) in [5.41, 5.74) is 2.32. The molecule has 0 aromatic heterocycles. The van der Waals surface area contributed by atoms with Gasteiger partial charge in [0.2, 0.25) is 0 Å². The number of methoxy groups -OCH3 is 1. The summed E-state index contributed by atoms with van der Waals surface area (Å²) in [6.45, 7) is 0. The Kier molecular flexibility index (Phi) is 2.71. The van der Waals surface area contributed by atoms with Crippen LogP contribution in [-0.2, 0) is 17.6 Å². The predicted molar refractivity (Wildman–Crippen MR) is 54.4 cm³/mol.